The van der Waals surface area contributed by atoms with Crippen molar-refractivity contribution in [3.8, 4) is 11.3 Å². The van der Waals surface area contributed by atoms with Gasteiger partial charge in [-0.25, -0.2) is 19.6 Å². The zero-order chi connectivity index (χ0) is 32.1. The molecule has 0 bridgehead atoms. The van der Waals surface area contributed by atoms with Crippen LogP contribution in [0.25, 0.3) is 11.3 Å². The summed E-state index contributed by atoms with van der Waals surface area (Å²) in [4.78, 5) is 50.5. The van der Waals surface area contributed by atoms with E-state index in [9.17, 15) is 22.8 Å². The number of aromatic nitrogens is 2. The minimum absolute atomic E-state index is 0.0957. The number of benzene rings is 1. The number of rotatable bonds is 6. The molecule has 1 aliphatic carbocycles. The van der Waals surface area contributed by atoms with E-state index in [4.69, 9.17) is 29.3 Å². The first kappa shape index (κ1) is 32.4. The Kier molecular flexibility index (Phi) is 10.0. The maximum Gasteiger partial charge on any atom is 0.490 e. The number of morpholine rings is 2. The van der Waals surface area contributed by atoms with E-state index in [-0.39, 0.29) is 18.0 Å². The third-order valence-corrected chi connectivity index (χ3v) is 7.78. The van der Waals surface area contributed by atoms with Gasteiger partial charge in [0.25, 0.3) is 0 Å². The number of fused-ring (bicyclic) bond motifs is 1. The lowest BCUT2D eigenvalue weighted by atomic mass is 10.1. The van der Waals surface area contributed by atoms with E-state index in [2.05, 4.69) is 27.4 Å². The van der Waals surface area contributed by atoms with Crippen LogP contribution in [0.3, 0.4) is 0 Å². The van der Waals surface area contributed by atoms with Gasteiger partial charge in [-0.2, -0.15) is 13.2 Å². The number of carbonyl (C=O) groups excluding carboxylic acids is 2. The lowest BCUT2D eigenvalue weighted by molar-refractivity contribution is -0.192. The molecular formula is C29H36F3N7O6. The lowest BCUT2D eigenvalue weighted by Crippen LogP contribution is -2.44. The van der Waals surface area contributed by atoms with Gasteiger partial charge in [-0.15, -0.1) is 0 Å². The van der Waals surface area contributed by atoms with Gasteiger partial charge < -0.3 is 35.0 Å². The fourth-order valence-electron chi connectivity index (χ4n) is 5.15. The molecule has 13 nitrogen and oxygen atoms in total. The van der Waals surface area contributed by atoms with Crippen molar-refractivity contribution in [3.05, 3.63) is 35.5 Å². The lowest BCUT2D eigenvalue weighted by Gasteiger charge is -2.33. The van der Waals surface area contributed by atoms with Gasteiger partial charge in [0.2, 0.25) is 11.9 Å². The van der Waals surface area contributed by atoms with E-state index in [1.807, 2.05) is 29.2 Å². The predicted molar refractivity (Wildman–Crippen MR) is 155 cm³/mol. The van der Waals surface area contributed by atoms with Crippen molar-refractivity contribution < 1.29 is 42.1 Å². The van der Waals surface area contributed by atoms with Crippen LogP contribution in [0, 0.1) is 0 Å². The van der Waals surface area contributed by atoms with Crippen LogP contribution in [0.5, 0.6) is 0 Å². The molecule has 2 saturated heterocycles. The van der Waals surface area contributed by atoms with Crippen LogP contribution in [0.1, 0.15) is 31.0 Å². The molecule has 0 radical (unpaired) electrons. The Bertz CT molecular complexity index is 1380. The number of nitrogens with one attached hydrogen (secondary N) is 2. The number of urea groups is 1. The van der Waals surface area contributed by atoms with Crippen molar-refractivity contribution >= 4 is 29.5 Å². The van der Waals surface area contributed by atoms with Crippen molar-refractivity contribution in [2.24, 2.45) is 0 Å². The molecule has 3 N–H and O–H groups in total. The molecule has 1 aromatic carbocycles. The van der Waals surface area contributed by atoms with E-state index in [0.717, 1.165) is 60.7 Å². The molecule has 3 fully saturated rings. The zero-order valence-corrected chi connectivity index (χ0v) is 24.8. The summed E-state index contributed by atoms with van der Waals surface area (Å²) in [5, 5.41) is 13.0. The van der Waals surface area contributed by atoms with Gasteiger partial charge in [0.05, 0.1) is 63.5 Å². The smallest absolute Gasteiger partial charge is 0.475 e. The number of hydrogen-bond acceptors (Lipinski definition) is 9. The highest BCUT2D eigenvalue weighted by atomic mass is 19.4. The highest BCUT2D eigenvalue weighted by Gasteiger charge is 2.38. The third-order valence-electron chi connectivity index (χ3n) is 7.78. The summed E-state index contributed by atoms with van der Waals surface area (Å²) < 4.78 is 42.8. The minimum Gasteiger partial charge on any atom is -0.475 e. The van der Waals surface area contributed by atoms with E-state index >= 15 is 0 Å². The molecule has 3 amide bonds. The maximum absolute atomic E-state index is 13.2. The van der Waals surface area contributed by atoms with Crippen LogP contribution in [0.2, 0.25) is 0 Å². The zero-order valence-electron chi connectivity index (χ0n) is 24.8. The maximum atomic E-state index is 13.2. The van der Waals surface area contributed by atoms with E-state index in [1.165, 1.54) is 0 Å². The first-order valence-electron chi connectivity index (χ1n) is 14.8. The van der Waals surface area contributed by atoms with Crippen LogP contribution < -0.4 is 15.5 Å². The van der Waals surface area contributed by atoms with Gasteiger partial charge in [-0.05, 0) is 31.9 Å². The van der Waals surface area contributed by atoms with Gasteiger partial charge in [0.1, 0.15) is 0 Å². The molecular weight excluding hydrogens is 599 g/mol. The van der Waals surface area contributed by atoms with Crippen molar-refractivity contribution in [2.75, 3.05) is 62.8 Å². The second-order valence-corrected chi connectivity index (χ2v) is 11.3. The third kappa shape index (κ3) is 8.58. The number of nitrogens with zero attached hydrogens (tertiary/aromatic N) is 5. The number of carbonyl (C=O) groups is 3. The van der Waals surface area contributed by atoms with Crippen molar-refractivity contribution in [2.45, 2.75) is 51.1 Å². The number of halogens is 3. The van der Waals surface area contributed by atoms with E-state index in [1.54, 1.807) is 0 Å². The molecule has 4 heterocycles. The average Bonchev–Trinajstić information content (AvgIpc) is 3.71. The van der Waals surface area contributed by atoms with Crippen molar-refractivity contribution in [1.82, 2.24) is 25.1 Å². The van der Waals surface area contributed by atoms with Gasteiger partial charge in [-0.1, -0.05) is 12.1 Å². The number of ether oxygens (including phenoxy) is 2. The summed E-state index contributed by atoms with van der Waals surface area (Å²) in [5.74, 6) is -1.99. The Morgan fingerprint density at radius 3 is 2.29 bits per heavy atom. The largest absolute Gasteiger partial charge is 0.490 e. The van der Waals surface area contributed by atoms with Crippen LogP contribution >= 0.6 is 0 Å². The highest BCUT2D eigenvalue weighted by Crippen LogP contribution is 2.34. The Balaban J connectivity index is 0.000000515. The second kappa shape index (κ2) is 14.0. The molecule has 1 unspecified atom stereocenters. The quantitative estimate of drug-likeness (QED) is 0.432. The van der Waals surface area contributed by atoms with Gasteiger partial charge in [0, 0.05) is 42.5 Å². The molecule has 0 spiro atoms. The van der Waals surface area contributed by atoms with Crippen LogP contribution in [0.4, 0.5) is 29.6 Å². The second-order valence-electron chi connectivity index (χ2n) is 11.3. The Morgan fingerprint density at radius 2 is 1.67 bits per heavy atom. The predicted octanol–water partition coefficient (Wildman–Crippen LogP) is 2.46. The molecule has 244 valence electrons. The first-order valence-corrected chi connectivity index (χ1v) is 14.8. The summed E-state index contributed by atoms with van der Waals surface area (Å²) >= 11 is 0. The molecule has 1 atom stereocenters. The summed E-state index contributed by atoms with van der Waals surface area (Å²) in [7, 11) is 0. The fourth-order valence-corrected chi connectivity index (χ4v) is 5.15. The Hall–Kier alpha value is -4.02. The minimum atomic E-state index is -5.08. The van der Waals surface area contributed by atoms with E-state index < -0.39 is 12.1 Å². The summed E-state index contributed by atoms with van der Waals surface area (Å²) in [5.41, 5.74) is 4.37. The molecule has 45 heavy (non-hydrogen) atoms. The number of amides is 3. The topological polar surface area (TPSA) is 149 Å². The van der Waals surface area contributed by atoms with Gasteiger partial charge in [-0.3, -0.25) is 9.69 Å². The molecule has 4 aliphatic rings. The summed E-state index contributed by atoms with van der Waals surface area (Å²) in [6.45, 7) is 8.31. The normalized spacial score (nSPS) is 20.1. The molecule has 2 aromatic rings. The number of hydrogen-bond donors (Lipinski definition) is 3. The number of carboxylic acids is 1. The first-order chi connectivity index (χ1) is 21.5. The molecule has 3 aliphatic heterocycles. The Morgan fingerprint density at radius 1 is 1.00 bits per heavy atom. The van der Waals surface area contributed by atoms with Gasteiger partial charge >= 0.3 is 18.2 Å². The Labute approximate surface area is 257 Å². The number of aliphatic carboxylic acids is 1. The van der Waals surface area contributed by atoms with E-state index in [0.29, 0.717) is 58.1 Å². The fraction of sp³-hybridized carbons (Fsp3) is 0.552. The molecule has 1 aromatic heterocycles. The molecule has 16 heteroatoms. The summed E-state index contributed by atoms with van der Waals surface area (Å²) in [6.07, 6.45) is -3.00. The monoisotopic (exact) mass is 635 g/mol. The van der Waals surface area contributed by atoms with Gasteiger partial charge in [0.15, 0.2) is 0 Å². The SMILES string of the molecule is CC1COCCN1c1nc2c(c(-c3ccc(NC(=O)NC4CC4)cc3)n1)CN(C(=O)CN1CCOCC1)C2.O=C(O)C(F)(F)F. The number of anilines is 2. The number of alkyl halides is 3. The highest BCUT2D eigenvalue weighted by molar-refractivity contribution is 5.90. The van der Waals surface area contributed by atoms with Crippen LogP contribution in [0.15, 0.2) is 24.3 Å². The average molecular weight is 636 g/mol. The summed E-state index contributed by atoms with van der Waals surface area (Å²) in [6, 6.07) is 8.01. The van der Waals surface area contributed by atoms with Crippen molar-refractivity contribution in [1.29, 1.82) is 0 Å². The van der Waals surface area contributed by atoms with Crippen LogP contribution in [-0.2, 0) is 32.2 Å². The van der Waals surface area contributed by atoms with Crippen molar-refractivity contribution in [3.63, 3.8) is 0 Å². The standard InChI is InChI=1S/C27H35N7O4.C2HF3O2/c1-18-17-38-13-10-34(18)26-30-23-15-33(24(35)16-32-8-11-37-12-9-32)14-22(23)25(31-26)19-2-4-20(5-3-19)28-27(36)29-21-6-7-21;3-2(4,5)1(6)7/h2-5,18,21H,6-17H2,1H3,(H2,28,29,36);(H,6,7). The number of carboxylic acid groups (broad SMARTS) is 1. The van der Waals surface area contributed by atoms with Crippen LogP contribution in [-0.4, -0.2) is 114 Å². The molecule has 1 saturated carbocycles. The molecule has 6 rings (SSSR count).